The van der Waals surface area contributed by atoms with Crippen LogP contribution < -0.4 is 10.6 Å². The largest absolute Gasteiger partial charge is 0.380 e. The van der Waals surface area contributed by atoms with Crippen LogP contribution in [0.1, 0.15) is 22.3 Å². The molecule has 128 valence electrons. The van der Waals surface area contributed by atoms with Gasteiger partial charge in [0, 0.05) is 24.1 Å². The molecule has 0 bridgehead atoms. The topological polar surface area (TPSA) is 112 Å². The summed E-state index contributed by atoms with van der Waals surface area (Å²) in [6.07, 6.45) is 3.54. The number of hydrogen-bond donors (Lipinski definition) is 2. The van der Waals surface area contributed by atoms with Gasteiger partial charge in [-0.15, -0.1) is 0 Å². The zero-order chi connectivity index (χ0) is 17.9. The Kier molecular flexibility index (Phi) is 4.67. The molecule has 2 aromatic rings. The number of rotatable bonds is 4. The lowest BCUT2D eigenvalue weighted by Crippen LogP contribution is -2.21. The van der Waals surface area contributed by atoms with Crippen LogP contribution in [0.4, 0.5) is 11.4 Å². The van der Waals surface area contributed by atoms with E-state index in [9.17, 15) is 13.2 Å². The summed E-state index contributed by atoms with van der Waals surface area (Å²) in [4.78, 5) is 16.4. The number of benzene rings is 1. The molecule has 8 heteroatoms. The van der Waals surface area contributed by atoms with Crippen molar-refractivity contribution in [1.82, 2.24) is 4.98 Å². The second-order valence-corrected chi connectivity index (χ2v) is 8.08. The van der Waals surface area contributed by atoms with Gasteiger partial charge in [0.2, 0.25) is 0 Å². The lowest BCUT2D eigenvalue weighted by atomic mass is 10.2. The van der Waals surface area contributed by atoms with Gasteiger partial charge in [-0.05, 0) is 36.8 Å². The van der Waals surface area contributed by atoms with Gasteiger partial charge in [0.05, 0.1) is 34.4 Å². The highest BCUT2D eigenvalue weighted by Crippen LogP contribution is 2.18. The van der Waals surface area contributed by atoms with Crippen LogP contribution in [-0.4, -0.2) is 36.9 Å². The summed E-state index contributed by atoms with van der Waals surface area (Å²) in [6.45, 7) is 0. The summed E-state index contributed by atoms with van der Waals surface area (Å²) in [5.74, 6) is -0.0640. The van der Waals surface area contributed by atoms with Crippen molar-refractivity contribution < 1.29 is 13.2 Å². The number of nitrogens with one attached hydrogen (secondary N) is 2. The Hall–Kier alpha value is -2.92. The van der Waals surface area contributed by atoms with E-state index in [-0.39, 0.29) is 23.5 Å². The van der Waals surface area contributed by atoms with Gasteiger partial charge in [-0.3, -0.25) is 9.78 Å². The number of carbonyl (C=O) groups is 1. The molecule has 1 atom stereocenters. The highest BCUT2D eigenvalue weighted by atomic mass is 32.2. The minimum absolute atomic E-state index is 0.0919. The number of amides is 1. The van der Waals surface area contributed by atoms with Crippen molar-refractivity contribution in [3.63, 3.8) is 0 Å². The first-order valence-corrected chi connectivity index (χ1v) is 9.51. The number of nitriles is 1. The highest BCUT2D eigenvalue weighted by Gasteiger charge is 2.27. The standard InChI is InChI=1S/C17H16N4O3S/c18-8-12-1-3-14(4-2-12)21-17(22)13-7-16(10-19-9-13)20-15-5-6-25(23,24)11-15/h1-4,7,9-10,15,20H,5-6,11H2,(H,21,22). The molecule has 1 amide bonds. The third-order valence-electron chi connectivity index (χ3n) is 3.88. The maximum atomic E-state index is 12.3. The maximum Gasteiger partial charge on any atom is 0.257 e. The number of aromatic nitrogens is 1. The molecule has 3 rings (SSSR count). The van der Waals surface area contributed by atoms with Crippen LogP contribution >= 0.6 is 0 Å². The van der Waals surface area contributed by atoms with E-state index in [1.54, 1.807) is 36.5 Å². The summed E-state index contributed by atoms with van der Waals surface area (Å²) >= 11 is 0. The van der Waals surface area contributed by atoms with E-state index in [1.165, 1.54) is 6.20 Å². The average Bonchev–Trinajstić information content (AvgIpc) is 2.94. The molecule has 0 aliphatic carbocycles. The zero-order valence-corrected chi connectivity index (χ0v) is 14.1. The summed E-state index contributed by atoms with van der Waals surface area (Å²) in [6, 6.07) is 10.0. The number of nitrogens with zero attached hydrogens (tertiary/aromatic N) is 2. The van der Waals surface area contributed by atoms with Gasteiger partial charge in [-0.2, -0.15) is 5.26 Å². The normalized spacial score (nSPS) is 18.3. The van der Waals surface area contributed by atoms with E-state index in [1.807, 2.05) is 6.07 Å². The molecule has 0 spiro atoms. The van der Waals surface area contributed by atoms with Crippen LogP contribution in [-0.2, 0) is 9.84 Å². The third kappa shape index (κ3) is 4.33. The Morgan fingerprint density at radius 1 is 1.20 bits per heavy atom. The maximum absolute atomic E-state index is 12.3. The molecule has 2 heterocycles. The molecule has 7 nitrogen and oxygen atoms in total. The smallest absolute Gasteiger partial charge is 0.257 e. The molecular weight excluding hydrogens is 340 g/mol. The Morgan fingerprint density at radius 3 is 2.60 bits per heavy atom. The fraction of sp³-hybridized carbons (Fsp3) is 0.235. The lowest BCUT2D eigenvalue weighted by Gasteiger charge is -2.13. The number of sulfone groups is 1. The third-order valence-corrected chi connectivity index (χ3v) is 5.64. The summed E-state index contributed by atoms with van der Waals surface area (Å²) < 4.78 is 23.0. The molecule has 0 radical (unpaired) electrons. The van der Waals surface area contributed by atoms with Crippen LogP contribution in [0.5, 0.6) is 0 Å². The lowest BCUT2D eigenvalue weighted by molar-refractivity contribution is 0.102. The molecule has 0 saturated carbocycles. The van der Waals surface area contributed by atoms with E-state index in [4.69, 9.17) is 5.26 Å². The first-order chi connectivity index (χ1) is 11.9. The molecule has 1 aliphatic heterocycles. The number of pyridine rings is 1. The summed E-state index contributed by atoms with van der Waals surface area (Å²) in [7, 11) is -2.97. The van der Waals surface area contributed by atoms with Crippen molar-refractivity contribution in [3.05, 3.63) is 53.9 Å². The van der Waals surface area contributed by atoms with E-state index >= 15 is 0 Å². The van der Waals surface area contributed by atoms with Crippen molar-refractivity contribution in [2.45, 2.75) is 12.5 Å². The fourth-order valence-corrected chi connectivity index (χ4v) is 4.29. The van der Waals surface area contributed by atoms with Crippen LogP contribution in [0.2, 0.25) is 0 Å². The van der Waals surface area contributed by atoms with Gasteiger partial charge < -0.3 is 10.6 Å². The fourth-order valence-electron chi connectivity index (χ4n) is 2.62. The number of hydrogen-bond acceptors (Lipinski definition) is 6. The molecule has 1 unspecified atom stereocenters. The molecule has 1 aromatic heterocycles. The molecule has 1 aromatic carbocycles. The molecule has 25 heavy (non-hydrogen) atoms. The molecule has 1 saturated heterocycles. The van der Waals surface area contributed by atoms with Crippen LogP contribution in [0, 0.1) is 11.3 Å². The molecule has 1 fully saturated rings. The van der Waals surface area contributed by atoms with Crippen molar-refractivity contribution in [1.29, 1.82) is 5.26 Å². The Labute approximate surface area is 145 Å². The number of anilines is 2. The van der Waals surface area contributed by atoms with E-state index in [0.29, 0.717) is 28.9 Å². The Bertz CT molecular complexity index is 933. The first-order valence-electron chi connectivity index (χ1n) is 7.69. The Morgan fingerprint density at radius 2 is 1.96 bits per heavy atom. The molecule has 2 N–H and O–H groups in total. The minimum Gasteiger partial charge on any atom is -0.380 e. The van der Waals surface area contributed by atoms with Crippen molar-refractivity contribution in [2.75, 3.05) is 22.1 Å². The predicted molar refractivity (Wildman–Crippen MR) is 94.0 cm³/mol. The van der Waals surface area contributed by atoms with Gasteiger partial charge in [0.15, 0.2) is 9.84 Å². The SMILES string of the molecule is N#Cc1ccc(NC(=O)c2cncc(NC3CCS(=O)(=O)C3)c2)cc1. The second kappa shape index (κ2) is 6.91. The predicted octanol–water partition coefficient (Wildman–Crippen LogP) is 1.80. The Balaban J connectivity index is 1.68. The van der Waals surface area contributed by atoms with Gasteiger partial charge in [0.25, 0.3) is 5.91 Å². The van der Waals surface area contributed by atoms with Gasteiger partial charge in [-0.25, -0.2) is 8.42 Å². The highest BCUT2D eigenvalue weighted by molar-refractivity contribution is 7.91. The van der Waals surface area contributed by atoms with Crippen LogP contribution in [0.15, 0.2) is 42.7 Å². The van der Waals surface area contributed by atoms with Gasteiger partial charge in [0.1, 0.15) is 0 Å². The van der Waals surface area contributed by atoms with Crippen LogP contribution in [0.25, 0.3) is 0 Å². The zero-order valence-electron chi connectivity index (χ0n) is 13.3. The van der Waals surface area contributed by atoms with Crippen LogP contribution in [0.3, 0.4) is 0 Å². The van der Waals surface area contributed by atoms with Crippen molar-refractivity contribution in [2.24, 2.45) is 0 Å². The monoisotopic (exact) mass is 356 g/mol. The number of carbonyl (C=O) groups excluding carboxylic acids is 1. The van der Waals surface area contributed by atoms with E-state index < -0.39 is 9.84 Å². The van der Waals surface area contributed by atoms with Gasteiger partial charge in [-0.1, -0.05) is 0 Å². The molecular formula is C17H16N4O3S. The summed E-state index contributed by atoms with van der Waals surface area (Å²) in [5, 5.41) is 14.6. The van der Waals surface area contributed by atoms with Crippen molar-refractivity contribution >= 4 is 27.1 Å². The summed E-state index contributed by atoms with van der Waals surface area (Å²) in [5.41, 5.74) is 2.05. The first kappa shape index (κ1) is 16.9. The minimum atomic E-state index is -2.97. The average molecular weight is 356 g/mol. The van der Waals surface area contributed by atoms with Crippen molar-refractivity contribution in [3.8, 4) is 6.07 Å². The van der Waals surface area contributed by atoms with Gasteiger partial charge >= 0.3 is 0 Å². The van der Waals surface area contributed by atoms with E-state index in [0.717, 1.165) is 0 Å². The van der Waals surface area contributed by atoms with E-state index in [2.05, 4.69) is 15.6 Å². The quantitative estimate of drug-likeness (QED) is 0.864. The second-order valence-electron chi connectivity index (χ2n) is 5.85. The molecule has 1 aliphatic rings.